The molecule has 8 heteroatoms. The van der Waals surface area contributed by atoms with Crippen LogP contribution in [0.15, 0.2) is 21.7 Å². The molecular formula is C11H6Cl4N2O2. The number of aromatic amines is 1. The van der Waals surface area contributed by atoms with Gasteiger partial charge in [0.05, 0.1) is 21.3 Å². The smallest absolute Gasteiger partial charge is 0.297 e. The van der Waals surface area contributed by atoms with Gasteiger partial charge in [0.15, 0.2) is 0 Å². The van der Waals surface area contributed by atoms with Crippen molar-refractivity contribution >= 4 is 46.4 Å². The van der Waals surface area contributed by atoms with Crippen LogP contribution in [0.4, 0.5) is 0 Å². The second kappa shape index (κ2) is 5.21. The van der Waals surface area contributed by atoms with E-state index in [1.807, 2.05) is 0 Å². The van der Waals surface area contributed by atoms with E-state index in [-0.39, 0.29) is 26.4 Å². The number of hydrogen-bond donors (Lipinski definition) is 1. The van der Waals surface area contributed by atoms with Crippen LogP contribution in [0.3, 0.4) is 0 Å². The predicted octanol–water partition coefficient (Wildman–Crippen LogP) is 3.45. The van der Waals surface area contributed by atoms with Crippen molar-refractivity contribution in [3.8, 4) is 5.69 Å². The summed E-state index contributed by atoms with van der Waals surface area (Å²) in [7, 11) is 0. The van der Waals surface area contributed by atoms with Crippen LogP contribution < -0.4 is 11.2 Å². The van der Waals surface area contributed by atoms with Crippen LogP contribution in [0.25, 0.3) is 5.69 Å². The number of nitrogens with one attached hydrogen (secondary N) is 1. The fraction of sp³-hybridized carbons (Fsp3) is 0.0909. The Morgan fingerprint density at radius 2 is 1.58 bits per heavy atom. The third kappa shape index (κ3) is 2.54. The molecule has 1 N–H and O–H groups in total. The highest BCUT2D eigenvalue weighted by Gasteiger charge is 2.16. The molecule has 0 unspecified atom stereocenters. The third-order valence-corrected chi connectivity index (χ3v) is 3.65. The Morgan fingerprint density at radius 3 is 2.11 bits per heavy atom. The maximum atomic E-state index is 12.1. The molecule has 100 valence electrons. The van der Waals surface area contributed by atoms with E-state index in [0.29, 0.717) is 5.02 Å². The van der Waals surface area contributed by atoms with E-state index in [1.165, 1.54) is 19.1 Å². The minimum absolute atomic E-state index is 0.0209. The molecule has 0 bridgehead atoms. The van der Waals surface area contributed by atoms with Crippen molar-refractivity contribution in [3.05, 3.63) is 58.8 Å². The molecule has 0 atom stereocenters. The fourth-order valence-corrected chi connectivity index (χ4v) is 2.70. The zero-order valence-corrected chi connectivity index (χ0v) is 12.5. The number of nitrogens with zero attached hydrogens (tertiary/aromatic N) is 1. The average molecular weight is 340 g/mol. The minimum Gasteiger partial charge on any atom is -0.297 e. The summed E-state index contributed by atoms with van der Waals surface area (Å²) in [5.41, 5.74) is -1.08. The van der Waals surface area contributed by atoms with Crippen LogP contribution in [-0.2, 0) is 0 Å². The Bertz CT molecular complexity index is 756. The van der Waals surface area contributed by atoms with E-state index in [2.05, 4.69) is 4.98 Å². The van der Waals surface area contributed by atoms with E-state index >= 15 is 0 Å². The molecule has 0 aliphatic heterocycles. The summed E-state index contributed by atoms with van der Waals surface area (Å²) >= 11 is 23.5. The van der Waals surface area contributed by atoms with Gasteiger partial charge in [-0.1, -0.05) is 46.4 Å². The first-order chi connectivity index (χ1) is 8.82. The average Bonchev–Trinajstić information content (AvgIpc) is 2.29. The van der Waals surface area contributed by atoms with Crippen LogP contribution >= 0.6 is 46.4 Å². The molecule has 0 fully saturated rings. The maximum Gasteiger partial charge on any atom is 0.334 e. The highest BCUT2D eigenvalue weighted by atomic mass is 35.5. The highest BCUT2D eigenvalue weighted by molar-refractivity contribution is 6.40. The lowest BCUT2D eigenvalue weighted by Gasteiger charge is -2.10. The van der Waals surface area contributed by atoms with E-state index < -0.39 is 11.2 Å². The molecular weight excluding hydrogens is 334 g/mol. The van der Waals surface area contributed by atoms with E-state index in [9.17, 15) is 9.59 Å². The van der Waals surface area contributed by atoms with Crippen LogP contribution in [0.1, 0.15) is 5.56 Å². The Balaban J connectivity index is 2.93. The van der Waals surface area contributed by atoms with Gasteiger partial charge in [-0.15, -0.1) is 0 Å². The Hall–Kier alpha value is -0.940. The molecule has 2 aromatic rings. The predicted molar refractivity (Wildman–Crippen MR) is 77.4 cm³/mol. The molecule has 0 saturated heterocycles. The van der Waals surface area contributed by atoms with E-state index in [4.69, 9.17) is 46.4 Å². The first-order valence-corrected chi connectivity index (χ1v) is 6.50. The first-order valence-electron chi connectivity index (χ1n) is 4.99. The number of hydrogen-bond acceptors (Lipinski definition) is 2. The van der Waals surface area contributed by atoms with Crippen molar-refractivity contribution in [1.29, 1.82) is 0 Å². The topological polar surface area (TPSA) is 54.9 Å². The van der Waals surface area contributed by atoms with Crippen molar-refractivity contribution in [1.82, 2.24) is 9.55 Å². The molecule has 0 radical (unpaired) electrons. The normalized spacial score (nSPS) is 10.8. The molecule has 19 heavy (non-hydrogen) atoms. The molecule has 4 nitrogen and oxygen atoms in total. The van der Waals surface area contributed by atoms with Gasteiger partial charge in [0.1, 0.15) is 5.15 Å². The molecule has 1 aromatic carbocycles. The van der Waals surface area contributed by atoms with Gasteiger partial charge in [-0.05, 0) is 19.1 Å². The zero-order chi connectivity index (χ0) is 14.3. The number of H-pyrrole nitrogens is 1. The lowest BCUT2D eigenvalue weighted by molar-refractivity contribution is 0.860. The molecule has 1 heterocycles. The fourth-order valence-electron chi connectivity index (χ4n) is 1.55. The van der Waals surface area contributed by atoms with Crippen molar-refractivity contribution in [3.63, 3.8) is 0 Å². The van der Waals surface area contributed by atoms with E-state index in [1.54, 1.807) is 0 Å². The van der Waals surface area contributed by atoms with Gasteiger partial charge in [-0.25, -0.2) is 9.36 Å². The second-order valence-electron chi connectivity index (χ2n) is 3.73. The maximum absolute atomic E-state index is 12.1. The van der Waals surface area contributed by atoms with Gasteiger partial charge in [0, 0.05) is 5.02 Å². The number of aromatic nitrogens is 2. The highest BCUT2D eigenvalue weighted by Crippen LogP contribution is 2.30. The standard InChI is InChI=1S/C11H6Cl4N2O2/c1-4-9(15)16-11(19)17(10(4)18)8-6(13)2-5(12)3-7(8)14/h2-3H,1H3,(H,16,19). The lowest BCUT2D eigenvalue weighted by atomic mass is 10.3. The van der Waals surface area contributed by atoms with Gasteiger partial charge in [-0.2, -0.15) is 0 Å². The molecule has 1 aromatic heterocycles. The third-order valence-electron chi connectivity index (χ3n) is 2.48. The van der Waals surface area contributed by atoms with E-state index in [0.717, 1.165) is 4.57 Å². The summed E-state index contributed by atoms with van der Waals surface area (Å²) in [5, 5.41) is 0.458. The second-order valence-corrected chi connectivity index (χ2v) is 5.36. The summed E-state index contributed by atoms with van der Waals surface area (Å²) in [6, 6.07) is 2.78. The molecule has 0 aliphatic carbocycles. The van der Waals surface area contributed by atoms with Crippen LogP contribution in [0.2, 0.25) is 20.2 Å². The zero-order valence-electron chi connectivity index (χ0n) is 9.43. The molecule has 0 aliphatic rings. The van der Waals surface area contributed by atoms with Crippen molar-refractivity contribution in [2.45, 2.75) is 6.92 Å². The van der Waals surface area contributed by atoms with Crippen LogP contribution in [0.5, 0.6) is 0 Å². The Kier molecular flexibility index (Phi) is 3.97. The molecule has 0 spiro atoms. The summed E-state index contributed by atoms with van der Waals surface area (Å²) in [4.78, 5) is 26.3. The van der Waals surface area contributed by atoms with Gasteiger partial charge < -0.3 is 0 Å². The number of rotatable bonds is 1. The van der Waals surface area contributed by atoms with Crippen molar-refractivity contribution in [2.24, 2.45) is 0 Å². The molecule has 2 rings (SSSR count). The monoisotopic (exact) mass is 338 g/mol. The van der Waals surface area contributed by atoms with Crippen LogP contribution in [-0.4, -0.2) is 9.55 Å². The number of halogens is 4. The molecule has 0 amide bonds. The summed E-state index contributed by atoms with van der Waals surface area (Å²) in [6.07, 6.45) is 0. The summed E-state index contributed by atoms with van der Waals surface area (Å²) < 4.78 is 0.822. The Labute approximate surface area is 127 Å². The minimum atomic E-state index is -0.730. The first kappa shape index (κ1) is 14.5. The van der Waals surface area contributed by atoms with Gasteiger partial charge in [0.25, 0.3) is 5.56 Å². The Morgan fingerprint density at radius 1 is 1.05 bits per heavy atom. The van der Waals surface area contributed by atoms with Crippen molar-refractivity contribution < 1.29 is 0 Å². The van der Waals surface area contributed by atoms with Gasteiger partial charge in [0.2, 0.25) is 0 Å². The largest absolute Gasteiger partial charge is 0.334 e. The van der Waals surface area contributed by atoms with Gasteiger partial charge >= 0.3 is 5.69 Å². The van der Waals surface area contributed by atoms with Gasteiger partial charge in [-0.3, -0.25) is 9.78 Å². The quantitative estimate of drug-likeness (QED) is 0.809. The van der Waals surface area contributed by atoms with Crippen LogP contribution in [0, 0.1) is 6.92 Å². The molecule has 0 saturated carbocycles. The SMILES string of the molecule is Cc1c(Cl)[nH]c(=O)n(-c2c(Cl)cc(Cl)cc2Cl)c1=O. The van der Waals surface area contributed by atoms with Crippen molar-refractivity contribution in [2.75, 3.05) is 0 Å². The summed E-state index contributed by atoms with van der Waals surface area (Å²) in [5.74, 6) is 0. The summed E-state index contributed by atoms with van der Waals surface area (Å²) in [6.45, 7) is 1.48. The number of benzene rings is 1. The lowest BCUT2D eigenvalue weighted by Crippen LogP contribution is -2.35.